The Kier molecular flexibility index (Phi) is 6.29. The third kappa shape index (κ3) is 4.92. The fraction of sp³-hybridized carbons (Fsp3) is 0.120. The normalized spacial score (nSPS) is 10.5. The zero-order valence-electron chi connectivity index (χ0n) is 17.3. The number of amides is 1. The molecule has 1 N–H and O–H groups in total. The summed E-state index contributed by atoms with van der Waals surface area (Å²) in [4.78, 5) is 17.4. The van der Waals surface area contributed by atoms with E-state index in [9.17, 15) is 4.79 Å². The Morgan fingerprint density at radius 2 is 1.61 bits per heavy atom. The van der Waals surface area contributed by atoms with Crippen molar-refractivity contribution < 1.29 is 14.3 Å². The van der Waals surface area contributed by atoms with E-state index >= 15 is 0 Å². The van der Waals surface area contributed by atoms with E-state index in [-0.39, 0.29) is 5.91 Å². The van der Waals surface area contributed by atoms with Gasteiger partial charge >= 0.3 is 0 Å². The standard InChI is InChI=1S/C25H22N2O3S/c1-29-21-12-20(13-22(14-21)30-2)24(28)26-15-17-7-6-10-19(11-17)25-27-23(16-31-25)18-8-4-3-5-9-18/h3-14,16H,15H2,1-2H3,(H,26,28). The third-order valence-electron chi connectivity index (χ3n) is 4.81. The van der Waals surface area contributed by atoms with Crippen LogP contribution in [-0.4, -0.2) is 25.1 Å². The lowest BCUT2D eigenvalue weighted by Crippen LogP contribution is -2.22. The lowest BCUT2D eigenvalue weighted by molar-refractivity contribution is 0.0950. The van der Waals surface area contributed by atoms with Crippen LogP contribution in [0.3, 0.4) is 0 Å². The summed E-state index contributed by atoms with van der Waals surface area (Å²) in [5, 5.41) is 5.97. The number of nitrogens with zero attached hydrogens (tertiary/aromatic N) is 1. The molecule has 6 heteroatoms. The maximum atomic E-state index is 12.6. The highest BCUT2D eigenvalue weighted by Crippen LogP contribution is 2.29. The number of carbonyl (C=O) groups is 1. The van der Waals surface area contributed by atoms with Gasteiger partial charge in [-0.05, 0) is 23.8 Å². The van der Waals surface area contributed by atoms with Crippen molar-refractivity contribution in [2.75, 3.05) is 14.2 Å². The topological polar surface area (TPSA) is 60.5 Å². The molecule has 0 aliphatic carbocycles. The first-order valence-electron chi connectivity index (χ1n) is 9.78. The van der Waals surface area contributed by atoms with Crippen molar-refractivity contribution in [3.05, 3.63) is 89.3 Å². The van der Waals surface area contributed by atoms with Gasteiger partial charge in [0, 0.05) is 34.7 Å². The second-order valence-electron chi connectivity index (χ2n) is 6.89. The van der Waals surface area contributed by atoms with Gasteiger partial charge in [-0.2, -0.15) is 0 Å². The summed E-state index contributed by atoms with van der Waals surface area (Å²) in [5.74, 6) is 0.956. The molecule has 0 spiro atoms. The van der Waals surface area contributed by atoms with Crippen LogP contribution in [0.5, 0.6) is 11.5 Å². The summed E-state index contributed by atoms with van der Waals surface area (Å²) in [6, 6.07) is 23.3. The van der Waals surface area contributed by atoms with Crippen LogP contribution in [0.2, 0.25) is 0 Å². The zero-order valence-corrected chi connectivity index (χ0v) is 18.1. The molecule has 156 valence electrons. The van der Waals surface area contributed by atoms with Crippen LogP contribution in [0.25, 0.3) is 21.8 Å². The summed E-state index contributed by atoms with van der Waals surface area (Å²) >= 11 is 1.61. The molecular weight excluding hydrogens is 408 g/mol. The molecule has 0 fully saturated rings. The van der Waals surface area contributed by atoms with Crippen molar-refractivity contribution in [3.8, 4) is 33.3 Å². The van der Waals surface area contributed by atoms with Crippen molar-refractivity contribution in [1.29, 1.82) is 0 Å². The molecule has 0 saturated heterocycles. The van der Waals surface area contributed by atoms with E-state index in [1.54, 1.807) is 43.8 Å². The van der Waals surface area contributed by atoms with E-state index in [4.69, 9.17) is 14.5 Å². The Morgan fingerprint density at radius 1 is 0.903 bits per heavy atom. The Labute approximate surface area is 185 Å². The number of carbonyl (C=O) groups excluding carboxylic acids is 1. The molecule has 3 aromatic carbocycles. The van der Waals surface area contributed by atoms with Crippen LogP contribution in [0.1, 0.15) is 15.9 Å². The van der Waals surface area contributed by atoms with Crippen molar-refractivity contribution in [1.82, 2.24) is 10.3 Å². The smallest absolute Gasteiger partial charge is 0.251 e. The molecule has 1 heterocycles. The number of nitrogens with one attached hydrogen (secondary N) is 1. The molecule has 0 saturated carbocycles. The van der Waals surface area contributed by atoms with Gasteiger partial charge in [-0.25, -0.2) is 4.98 Å². The van der Waals surface area contributed by atoms with E-state index < -0.39 is 0 Å². The van der Waals surface area contributed by atoms with Gasteiger partial charge in [0.1, 0.15) is 16.5 Å². The van der Waals surface area contributed by atoms with E-state index in [1.807, 2.05) is 36.4 Å². The average molecular weight is 431 g/mol. The van der Waals surface area contributed by atoms with Gasteiger partial charge in [0.25, 0.3) is 5.91 Å². The lowest BCUT2D eigenvalue weighted by atomic mass is 10.1. The van der Waals surface area contributed by atoms with Crippen molar-refractivity contribution >= 4 is 17.2 Å². The van der Waals surface area contributed by atoms with Crippen LogP contribution in [0, 0.1) is 0 Å². The summed E-state index contributed by atoms with van der Waals surface area (Å²) in [6.45, 7) is 0.406. The van der Waals surface area contributed by atoms with Crippen LogP contribution in [0.15, 0.2) is 78.2 Å². The number of aromatic nitrogens is 1. The van der Waals surface area contributed by atoms with Crippen LogP contribution in [0.4, 0.5) is 0 Å². The second kappa shape index (κ2) is 9.45. The van der Waals surface area contributed by atoms with E-state index in [0.29, 0.717) is 23.6 Å². The van der Waals surface area contributed by atoms with E-state index in [2.05, 4.69) is 28.9 Å². The Bertz CT molecular complexity index is 1170. The van der Waals surface area contributed by atoms with Crippen LogP contribution >= 0.6 is 11.3 Å². The fourth-order valence-electron chi connectivity index (χ4n) is 3.19. The number of rotatable bonds is 7. The molecule has 1 aromatic heterocycles. The largest absolute Gasteiger partial charge is 0.497 e. The summed E-state index contributed by atoms with van der Waals surface area (Å²) < 4.78 is 10.5. The Morgan fingerprint density at radius 3 is 2.32 bits per heavy atom. The predicted molar refractivity (Wildman–Crippen MR) is 124 cm³/mol. The van der Waals surface area contributed by atoms with Crippen molar-refractivity contribution in [3.63, 3.8) is 0 Å². The minimum Gasteiger partial charge on any atom is -0.497 e. The molecule has 0 atom stereocenters. The van der Waals surface area contributed by atoms with Gasteiger partial charge in [-0.1, -0.05) is 48.5 Å². The molecule has 0 aliphatic heterocycles. The molecule has 1 amide bonds. The van der Waals surface area contributed by atoms with Crippen LogP contribution < -0.4 is 14.8 Å². The molecule has 4 rings (SSSR count). The molecule has 4 aromatic rings. The van der Waals surface area contributed by atoms with Crippen molar-refractivity contribution in [2.45, 2.75) is 6.54 Å². The number of hydrogen-bond donors (Lipinski definition) is 1. The zero-order chi connectivity index (χ0) is 21.6. The van der Waals surface area contributed by atoms with E-state index in [0.717, 1.165) is 27.4 Å². The molecular formula is C25H22N2O3S. The fourth-order valence-corrected chi connectivity index (χ4v) is 4.01. The second-order valence-corrected chi connectivity index (χ2v) is 7.75. The van der Waals surface area contributed by atoms with Gasteiger partial charge in [0.05, 0.1) is 19.9 Å². The highest BCUT2D eigenvalue weighted by Gasteiger charge is 2.11. The molecule has 5 nitrogen and oxygen atoms in total. The highest BCUT2D eigenvalue weighted by atomic mass is 32.1. The first-order chi connectivity index (χ1) is 15.2. The van der Waals surface area contributed by atoms with Gasteiger partial charge < -0.3 is 14.8 Å². The SMILES string of the molecule is COc1cc(OC)cc(C(=O)NCc2cccc(-c3nc(-c4ccccc4)cs3)c2)c1. The minimum absolute atomic E-state index is 0.191. The molecule has 0 bridgehead atoms. The number of benzene rings is 3. The van der Waals surface area contributed by atoms with Gasteiger partial charge in [0.15, 0.2) is 0 Å². The summed E-state index contributed by atoms with van der Waals surface area (Å²) in [5.41, 5.74) is 4.58. The first kappa shape index (κ1) is 20.6. The monoisotopic (exact) mass is 430 g/mol. The van der Waals surface area contributed by atoms with Gasteiger partial charge in [-0.3, -0.25) is 4.79 Å². The number of methoxy groups -OCH3 is 2. The quantitative estimate of drug-likeness (QED) is 0.425. The van der Waals surface area contributed by atoms with Gasteiger partial charge in [-0.15, -0.1) is 11.3 Å². The van der Waals surface area contributed by atoms with Crippen molar-refractivity contribution in [2.24, 2.45) is 0 Å². The maximum Gasteiger partial charge on any atom is 0.251 e. The lowest BCUT2D eigenvalue weighted by Gasteiger charge is -2.10. The first-order valence-corrected chi connectivity index (χ1v) is 10.7. The highest BCUT2D eigenvalue weighted by molar-refractivity contribution is 7.13. The van der Waals surface area contributed by atoms with E-state index in [1.165, 1.54) is 0 Å². The molecule has 0 radical (unpaired) electrons. The summed E-state index contributed by atoms with van der Waals surface area (Å²) in [6.07, 6.45) is 0. The Balaban J connectivity index is 1.47. The maximum absolute atomic E-state index is 12.6. The Hall–Kier alpha value is -3.64. The number of hydrogen-bond acceptors (Lipinski definition) is 5. The van der Waals surface area contributed by atoms with Crippen LogP contribution in [-0.2, 0) is 6.54 Å². The molecule has 0 aliphatic rings. The molecule has 0 unspecified atom stereocenters. The number of thiazole rings is 1. The average Bonchev–Trinajstić information content (AvgIpc) is 3.33. The molecule has 31 heavy (non-hydrogen) atoms. The van der Waals surface area contributed by atoms with Gasteiger partial charge in [0.2, 0.25) is 0 Å². The minimum atomic E-state index is -0.191. The predicted octanol–water partition coefficient (Wildman–Crippen LogP) is 5.42. The summed E-state index contributed by atoms with van der Waals surface area (Å²) in [7, 11) is 3.12. The number of ether oxygens (including phenoxy) is 2. The third-order valence-corrected chi connectivity index (χ3v) is 5.71.